The van der Waals surface area contributed by atoms with Crippen LogP contribution < -0.4 is 4.90 Å². The predicted octanol–water partition coefficient (Wildman–Crippen LogP) is 3.38. The number of aromatic nitrogens is 1. The van der Waals surface area contributed by atoms with E-state index in [4.69, 9.17) is 11.6 Å². The van der Waals surface area contributed by atoms with Crippen LogP contribution >= 0.6 is 11.6 Å². The summed E-state index contributed by atoms with van der Waals surface area (Å²) in [5.74, 6) is -0.143. The summed E-state index contributed by atoms with van der Waals surface area (Å²) in [6.07, 6.45) is 2.18. The molecular formula is C17H18ClF2N3. The Morgan fingerprint density at radius 3 is 2.43 bits per heavy atom. The van der Waals surface area contributed by atoms with Gasteiger partial charge in [0.2, 0.25) is 0 Å². The van der Waals surface area contributed by atoms with Gasteiger partial charge in [0.15, 0.2) is 11.6 Å². The first-order valence-corrected chi connectivity index (χ1v) is 8.03. The van der Waals surface area contributed by atoms with Gasteiger partial charge in [-0.3, -0.25) is 4.90 Å². The molecule has 0 bridgehead atoms. The summed E-state index contributed by atoms with van der Waals surface area (Å²) in [5, 5.41) is 0.471. The average molecular weight is 338 g/mol. The molecule has 1 fully saturated rings. The van der Waals surface area contributed by atoms with Crippen molar-refractivity contribution in [3.05, 3.63) is 58.7 Å². The highest BCUT2D eigenvalue weighted by Crippen LogP contribution is 2.21. The van der Waals surface area contributed by atoms with Crippen molar-refractivity contribution in [2.24, 2.45) is 0 Å². The van der Waals surface area contributed by atoms with Crippen LogP contribution in [0.4, 0.5) is 14.6 Å². The zero-order chi connectivity index (χ0) is 16.2. The first-order chi connectivity index (χ1) is 11.1. The van der Waals surface area contributed by atoms with Gasteiger partial charge in [-0.1, -0.05) is 17.7 Å². The predicted molar refractivity (Wildman–Crippen MR) is 88.0 cm³/mol. The van der Waals surface area contributed by atoms with Gasteiger partial charge in [0, 0.05) is 49.5 Å². The largest absolute Gasteiger partial charge is 0.352 e. The highest BCUT2D eigenvalue weighted by atomic mass is 35.5. The number of hydrogen-bond donors (Lipinski definition) is 0. The number of hydrogen-bond acceptors (Lipinski definition) is 3. The number of benzene rings is 1. The molecule has 1 aromatic carbocycles. The second-order valence-corrected chi connectivity index (χ2v) is 5.99. The Morgan fingerprint density at radius 1 is 1.00 bits per heavy atom. The molecule has 2 heterocycles. The summed E-state index contributed by atoms with van der Waals surface area (Å²) in [6, 6.07) is 7.77. The molecule has 0 N–H and O–H groups in total. The minimum Gasteiger partial charge on any atom is -0.352 e. The fourth-order valence-corrected chi connectivity index (χ4v) is 3.09. The standard InChI is InChI=1S/C17H18ClF2N3/c18-14-3-1-4-15(19)13(14)6-8-22-9-11-23(12-10-22)17-16(20)5-2-7-21-17/h1-5,7H,6,8-12H2. The molecule has 2 aromatic rings. The maximum absolute atomic E-state index is 13.8. The Morgan fingerprint density at radius 2 is 1.74 bits per heavy atom. The molecule has 0 radical (unpaired) electrons. The lowest BCUT2D eigenvalue weighted by Gasteiger charge is -2.35. The van der Waals surface area contributed by atoms with E-state index >= 15 is 0 Å². The van der Waals surface area contributed by atoms with Gasteiger partial charge in [-0.05, 0) is 30.7 Å². The molecule has 3 rings (SSSR count). The van der Waals surface area contributed by atoms with E-state index in [-0.39, 0.29) is 11.6 Å². The van der Waals surface area contributed by atoms with Crippen molar-refractivity contribution in [1.29, 1.82) is 0 Å². The highest BCUT2D eigenvalue weighted by Gasteiger charge is 2.20. The minimum absolute atomic E-state index is 0.258. The molecule has 23 heavy (non-hydrogen) atoms. The van der Waals surface area contributed by atoms with Crippen LogP contribution in [0.1, 0.15) is 5.56 Å². The highest BCUT2D eigenvalue weighted by molar-refractivity contribution is 6.31. The van der Waals surface area contributed by atoms with E-state index in [0.29, 0.717) is 35.9 Å². The molecule has 3 nitrogen and oxygen atoms in total. The number of halogens is 3. The Bertz CT molecular complexity index is 652. The van der Waals surface area contributed by atoms with Gasteiger partial charge in [0.25, 0.3) is 0 Å². The van der Waals surface area contributed by atoms with E-state index in [2.05, 4.69) is 9.88 Å². The van der Waals surface area contributed by atoms with E-state index in [1.165, 1.54) is 12.1 Å². The molecule has 0 amide bonds. The monoisotopic (exact) mass is 337 g/mol. The third-order valence-corrected chi connectivity index (χ3v) is 4.50. The molecule has 1 aliphatic heterocycles. The van der Waals surface area contributed by atoms with Crippen molar-refractivity contribution in [3.8, 4) is 0 Å². The Hall–Kier alpha value is -1.72. The van der Waals surface area contributed by atoms with Crippen molar-refractivity contribution in [2.75, 3.05) is 37.6 Å². The zero-order valence-corrected chi connectivity index (χ0v) is 13.4. The lowest BCUT2D eigenvalue weighted by atomic mass is 10.1. The van der Waals surface area contributed by atoms with Crippen molar-refractivity contribution < 1.29 is 8.78 Å². The molecule has 1 saturated heterocycles. The summed E-state index contributed by atoms with van der Waals surface area (Å²) in [6.45, 7) is 3.74. The van der Waals surface area contributed by atoms with Gasteiger partial charge < -0.3 is 4.90 Å². The van der Waals surface area contributed by atoms with E-state index in [9.17, 15) is 8.78 Å². The van der Waals surface area contributed by atoms with Crippen LogP contribution in [-0.2, 0) is 6.42 Å². The van der Waals surface area contributed by atoms with Crippen LogP contribution in [0, 0.1) is 11.6 Å². The Labute approximate surface area is 139 Å². The van der Waals surface area contributed by atoms with Crippen LogP contribution in [0.5, 0.6) is 0 Å². The van der Waals surface area contributed by atoms with E-state index in [1.54, 1.807) is 24.4 Å². The van der Waals surface area contributed by atoms with E-state index < -0.39 is 0 Å². The van der Waals surface area contributed by atoms with Gasteiger partial charge >= 0.3 is 0 Å². The van der Waals surface area contributed by atoms with Gasteiger partial charge in [0.1, 0.15) is 5.82 Å². The van der Waals surface area contributed by atoms with Gasteiger partial charge in [0.05, 0.1) is 0 Å². The number of anilines is 1. The lowest BCUT2D eigenvalue weighted by Crippen LogP contribution is -2.47. The van der Waals surface area contributed by atoms with Crippen LogP contribution in [0.25, 0.3) is 0 Å². The third-order valence-electron chi connectivity index (χ3n) is 4.15. The van der Waals surface area contributed by atoms with Gasteiger partial charge in [-0.25, -0.2) is 13.8 Å². The minimum atomic E-state index is -0.293. The molecule has 0 unspecified atom stereocenters. The van der Waals surface area contributed by atoms with Crippen LogP contribution in [0.15, 0.2) is 36.5 Å². The number of nitrogens with zero attached hydrogens (tertiary/aromatic N) is 3. The molecular weight excluding hydrogens is 320 g/mol. The zero-order valence-electron chi connectivity index (χ0n) is 12.7. The molecule has 0 saturated carbocycles. The summed E-state index contributed by atoms with van der Waals surface area (Å²) >= 11 is 6.05. The van der Waals surface area contributed by atoms with Crippen LogP contribution in [0.2, 0.25) is 5.02 Å². The van der Waals surface area contributed by atoms with E-state index in [0.717, 1.165) is 19.6 Å². The average Bonchev–Trinajstić information content (AvgIpc) is 2.56. The van der Waals surface area contributed by atoms with Gasteiger partial charge in [-0.15, -0.1) is 0 Å². The van der Waals surface area contributed by atoms with Crippen molar-refractivity contribution in [1.82, 2.24) is 9.88 Å². The number of piperazine rings is 1. The fourth-order valence-electron chi connectivity index (χ4n) is 2.83. The summed E-state index contributed by atoms with van der Waals surface area (Å²) in [7, 11) is 0. The van der Waals surface area contributed by atoms with Gasteiger partial charge in [-0.2, -0.15) is 0 Å². The SMILES string of the molecule is Fc1cccnc1N1CCN(CCc2c(F)cccc2Cl)CC1. The van der Waals surface area contributed by atoms with Crippen molar-refractivity contribution >= 4 is 17.4 Å². The number of rotatable bonds is 4. The first-order valence-electron chi connectivity index (χ1n) is 7.66. The van der Waals surface area contributed by atoms with Crippen LogP contribution in [-0.4, -0.2) is 42.6 Å². The normalized spacial score (nSPS) is 15.9. The summed E-state index contributed by atoms with van der Waals surface area (Å²) in [5.41, 5.74) is 0.562. The van der Waals surface area contributed by atoms with E-state index in [1.807, 2.05) is 4.90 Å². The second kappa shape index (κ2) is 7.23. The number of pyridine rings is 1. The molecule has 1 aliphatic rings. The maximum Gasteiger partial charge on any atom is 0.165 e. The molecule has 0 atom stereocenters. The van der Waals surface area contributed by atoms with Crippen molar-refractivity contribution in [3.63, 3.8) is 0 Å². The lowest BCUT2D eigenvalue weighted by molar-refractivity contribution is 0.259. The topological polar surface area (TPSA) is 19.4 Å². The molecule has 6 heteroatoms. The molecule has 0 aliphatic carbocycles. The Kier molecular flexibility index (Phi) is 5.08. The van der Waals surface area contributed by atoms with Crippen LogP contribution in [0.3, 0.4) is 0 Å². The second-order valence-electron chi connectivity index (χ2n) is 5.59. The first kappa shape index (κ1) is 16.1. The summed E-state index contributed by atoms with van der Waals surface area (Å²) in [4.78, 5) is 8.29. The van der Waals surface area contributed by atoms with Crippen molar-refractivity contribution in [2.45, 2.75) is 6.42 Å². The quantitative estimate of drug-likeness (QED) is 0.852. The molecule has 0 spiro atoms. The molecule has 122 valence electrons. The third kappa shape index (κ3) is 3.79. The maximum atomic E-state index is 13.8. The summed E-state index contributed by atoms with van der Waals surface area (Å²) < 4.78 is 27.5. The smallest absolute Gasteiger partial charge is 0.165 e. The molecule has 1 aromatic heterocycles. The Balaban J connectivity index is 1.55. The fraction of sp³-hybridized carbons (Fsp3) is 0.353.